The van der Waals surface area contributed by atoms with Crippen LogP contribution in [0.25, 0.3) is 5.57 Å². The predicted octanol–water partition coefficient (Wildman–Crippen LogP) is 2.09. The lowest BCUT2D eigenvalue weighted by Gasteiger charge is -2.34. The summed E-state index contributed by atoms with van der Waals surface area (Å²) in [6.07, 6.45) is 1.50. The third-order valence-electron chi connectivity index (χ3n) is 3.82. The maximum Gasteiger partial charge on any atom is 0.347 e. The molecule has 0 radical (unpaired) electrons. The Bertz CT molecular complexity index is 853. The van der Waals surface area contributed by atoms with E-state index in [1.165, 1.54) is 12.1 Å². The van der Waals surface area contributed by atoms with Crippen molar-refractivity contribution >= 4 is 61.3 Å². The molecular formula is C14H4Br2O6. The molecule has 0 saturated heterocycles. The fraction of sp³-hybridized carbons (Fsp3) is 0.143. The molecule has 0 bridgehead atoms. The number of alkyl halides is 1. The highest BCUT2D eigenvalue weighted by atomic mass is 79.9. The number of hydrogen-bond acceptors (Lipinski definition) is 6. The molecule has 2 heterocycles. The minimum absolute atomic E-state index is 0.136. The van der Waals surface area contributed by atoms with Gasteiger partial charge in [0.2, 0.25) is 0 Å². The van der Waals surface area contributed by atoms with Crippen molar-refractivity contribution in [2.45, 2.75) is 10.7 Å². The third-order valence-corrected chi connectivity index (χ3v) is 5.24. The van der Waals surface area contributed by atoms with Crippen LogP contribution in [-0.2, 0) is 19.1 Å². The summed E-state index contributed by atoms with van der Waals surface area (Å²) in [5, 5.41) is 0. The number of benzene rings is 1. The Morgan fingerprint density at radius 2 is 1.68 bits per heavy atom. The van der Waals surface area contributed by atoms with Gasteiger partial charge in [0.05, 0.1) is 27.4 Å². The quantitative estimate of drug-likeness (QED) is 0.358. The van der Waals surface area contributed by atoms with Gasteiger partial charge in [0.25, 0.3) is 0 Å². The Hall–Kier alpha value is -1.80. The van der Waals surface area contributed by atoms with Gasteiger partial charge in [-0.25, -0.2) is 14.4 Å². The van der Waals surface area contributed by atoms with Gasteiger partial charge in [0, 0.05) is 10.0 Å². The number of carbonyl (C=O) groups excluding carboxylic acids is 4. The molecule has 0 spiro atoms. The SMILES string of the molecule is O=C1OC(=O)c2c(Br)cc3c4c2C1=CC(Br)C4C(=O)OC3=O. The first-order valence-corrected chi connectivity index (χ1v) is 7.86. The number of rotatable bonds is 0. The normalized spacial score (nSPS) is 25.3. The lowest BCUT2D eigenvalue weighted by molar-refractivity contribution is -0.140. The van der Waals surface area contributed by atoms with E-state index in [2.05, 4.69) is 31.9 Å². The van der Waals surface area contributed by atoms with Crippen LogP contribution in [0.3, 0.4) is 0 Å². The van der Waals surface area contributed by atoms with E-state index < -0.39 is 34.6 Å². The van der Waals surface area contributed by atoms with Crippen LogP contribution in [0.4, 0.5) is 0 Å². The van der Waals surface area contributed by atoms with E-state index in [9.17, 15) is 19.2 Å². The summed E-state index contributed by atoms with van der Waals surface area (Å²) in [6, 6.07) is 1.41. The van der Waals surface area contributed by atoms with Gasteiger partial charge in [-0.1, -0.05) is 22.0 Å². The van der Waals surface area contributed by atoms with Crippen LogP contribution >= 0.6 is 31.9 Å². The zero-order chi connectivity index (χ0) is 15.8. The van der Waals surface area contributed by atoms with Crippen molar-refractivity contribution in [2.24, 2.45) is 0 Å². The molecule has 2 atom stereocenters. The molecule has 6 nitrogen and oxygen atoms in total. The number of cyclic esters (lactones) is 4. The number of hydrogen-bond donors (Lipinski definition) is 0. The summed E-state index contributed by atoms with van der Waals surface area (Å²) in [4.78, 5) is 47.5. The van der Waals surface area contributed by atoms with Crippen molar-refractivity contribution in [3.05, 3.63) is 38.9 Å². The average molecular weight is 428 g/mol. The summed E-state index contributed by atoms with van der Waals surface area (Å²) in [5.41, 5.74) is 1.07. The third kappa shape index (κ3) is 1.59. The van der Waals surface area contributed by atoms with Crippen molar-refractivity contribution in [3.63, 3.8) is 0 Å². The van der Waals surface area contributed by atoms with E-state index in [4.69, 9.17) is 9.47 Å². The van der Waals surface area contributed by atoms with Gasteiger partial charge in [0.15, 0.2) is 0 Å². The Morgan fingerprint density at radius 3 is 2.41 bits per heavy atom. The molecule has 0 N–H and O–H groups in total. The molecule has 2 aliphatic heterocycles. The summed E-state index contributed by atoms with van der Waals surface area (Å²) < 4.78 is 9.78. The van der Waals surface area contributed by atoms with Crippen LogP contribution in [0.5, 0.6) is 0 Å². The van der Waals surface area contributed by atoms with Gasteiger partial charge in [-0.05, 0) is 27.6 Å². The minimum atomic E-state index is -0.815. The predicted molar refractivity (Wildman–Crippen MR) is 78.4 cm³/mol. The molecule has 3 aliphatic rings. The fourth-order valence-electron chi connectivity index (χ4n) is 2.95. The van der Waals surface area contributed by atoms with Gasteiger partial charge in [0.1, 0.15) is 0 Å². The largest absolute Gasteiger partial charge is 0.389 e. The smallest absolute Gasteiger partial charge is 0.347 e. The van der Waals surface area contributed by atoms with E-state index in [1.807, 2.05) is 0 Å². The lowest BCUT2D eigenvalue weighted by Crippen LogP contribution is -2.38. The molecule has 110 valence electrons. The van der Waals surface area contributed by atoms with Crippen molar-refractivity contribution in [3.8, 4) is 0 Å². The summed E-state index contributed by atoms with van der Waals surface area (Å²) in [7, 11) is 0. The van der Waals surface area contributed by atoms with Crippen molar-refractivity contribution < 1.29 is 28.7 Å². The van der Waals surface area contributed by atoms with E-state index in [-0.39, 0.29) is 22.3 Å². The number of allylic oxidation sites excluding steroid dienone is 1. The minimum Gasteiger partial charge on any atom is -0.389 e. The summed E-state index contributed by atoms with van der Waals surface area (Å²) in [6.45, 7) is 0. The first-order chi connectivity index (χ1) is 10.4. The Morgan fingerprint density at radius 1 is 0.955 bits per heavy atom. The molecule has 0 aromatic heterocycles. The maximum absolute atomic E-state index is 12.1. The zero-order valence-electron chi connectivity index (χ0n) is 10.5. The molecule has 1 aromatic carbocycles. The highest BCUT2D eigenvalue weighted by Crippen LogP contribution is 2.48. The van der Waals surface area contributed by atoms with Crippen LogP contribution in [0, 0.1) is 0 Å². The monoisotopic (exact) mass is 426 g/mol. The molecule has 1 aromatic rings. The molecule has 2 unspecified atom stereocenters. The summed E-state index contributed by atoms with van der Waals surface area (Å²) >= 11 is 6.52. The van der Waals surface area contributed by atoms with Gasteiger partial charge >= 0.3 is 23.9 Å². The molecule has 0 fully saturated rings. The molecule has 0 amide bonds. The van der Waals surface area contributed by atoms with Crippen LogP contribution in [-0.4, -0.2) is 28.7 Å². The lowest BCUT2D eigenvalue weighted by atomic mass is 9.76. The topological polar surface area (TPSA) is 86.7 Å². The standard InChI is InChI=1S/C14H4Br2O6/c15-5-1-3-7-8-4(12(18)22-13(19)9(5)8)2-6(16)10(7)14(20)21-11(3)17/h1-2,5,9H. The first kappa shape index (κ1) is 13.8. The van der Waals surface area contributed by atoms with E-state index in [1.54, 1.807) is 0 Å². The van der Waals surface area contributed by atoms with Crippen LogP contribution < -0.4 is 0 Å². The second-order valence-electron chi connectivity index (χ2n) is 4.96. The van der Waals surface area contributed by atoms with Crippen molar-refractivity contribution in [1.29, 1.82) is 0 Å². The van der Waals surface area contributed by atoms with Gasteiger partial charge in [-0.2, -0.15) is 0 Å². The van der Waals surface area contributed by atoms with Crippen LogP contribution in [0.2, 0.25) is 0 Å². The fourth-order valence-corrected chi connectivity index (χ4v) is 4.29. The van der Waals surface area contributed by atoms with Crippen molar-refractivity contribution in [1.82, 2.24) is 0 Å². The average Bonchev–Trinajstić information content (AvgIpc) is 2.43. The molecular weight excluding hydrogens is 424 g/mol. The number of esters is 4. The van der Waals surface area contributed by atoms with Gasteiger partial charge in [-0.15, -0.1) is 0 Å². The molecule has 1 aliphatic carbocycles. The van der Waals surface area contributed by atoms with Crippen molar-refractivity contribution in [2.75, 3.05) is 0 Å². The Kier molecular flexibility index (Phi) is 2.74. The number of carbonyl (C=O) groups is 4. The van der Waals surface area contributed by atoms with Crippen LogP contribution in [0.1, 0.15) is 37.8 Å². The maximum atomic E-state index is 12.1. The van der Waals surface area contributed by atoms with Gasteiger partial charge < -0.3 is 9.47 Å². The molecule has 4 rings (SSSR count). The molecule has 8 heteroatoms. The summed E-state index contributed by atoms with van der Waals surface area (Å²) in [5.74, 6) is -3.92. The second kappa shape index (κ2) is 4.36. The van der Waals surface area contributed by atoms with E-state index >= 15 is 0 Å². The van der Waals surface area contributed by atoms with Crippen LogP contribution in [0.15, 0.2) is 16.6 Å². The van der Waals surface area contributed by atoms with E-state index in [0.29, 0.717) is 10.0 Å². The molecule has 22 heavy (non-hydrogen) atoms. The van der Waals surface area contributed by atoms with E-state index in [0.717, 1.165) is 0 Å². The highest BCUT2D eigenvalue weighted by Gasteiger charge is 2.48. The second-order valence-corrected chi connectivity index (χ2v) is 6.87. The Labute approximate surface area is 139 Å². The number of halogens is 2. The van der Waals surface area contributed by atoms with Gasteiger partial charge in [-0.3, -0.25) is 4.79 Å². The Balaban J connectivity index is 2.18. The molecule has 0 saturated carbocycles. The number of ether oxygens (including phenoxy) is 2. The highest BCUT2D eigenvalue weighted by molar-refractivity contribution is 9.10. The zero-order valence-corrected chi connectivity index (χ0v) is 13.7. The first-order valence-electron chi connectivity index (χ1n) is 6.15.